The molecular weight excluding hydrogens is 829 g/mol. The average molecular weight is 921 g/mol. The number of hydrogen-bond donors (Lipinski definition) is 0. The summed E-state index contributed by atoms with van der Waals surface area (Å²) in [6.45, 7) is 6.15. The quantitative estimate of drug-likeness (QED) is 0.0262. The molecule has 0 amide bonds. The highest BCUT2D eigenvalue weighted by atomic mass is 16.6. The number of unbranched alkanes of at least 4 members (excludes halogenated alkanes) is 7. The van der Waals surface area contributed by atoms with Gasteiger partial charge in [-0.2, -0.15) is 0 Å². The maximum absolute atomic E-state index is 12.8. The second-order valence-corrected chi connectivity index (χ2v) is 16.3. The van der Waals surface area contributed by atoms with Crippen LogP contribution in [0.15, 0.2) is 158 Å². The van der Waals surface area contributed by atoms with E-state index in [1.807, 2.05) is 12.2 Å². The summed E-state index contributed by atoms with van der Waals surface area (Å²) in [5, 5.41) is 0. The van der Waals surface area contributed by atoms with Gasteiger partial charge < -0.3 is 14.2 Å². The predicted octanol–water partition coefficient (Wildman–Crippen LogP) is 17.4. The highest BCUT2D eigenvalue weighted by Crippen LogP contribution is 2.11. The minimum atomic E-state index is -0.841. The van der Waals surface area contributed by atoms with Crippen molar-refractivity contribution >= 4 is 17.9 Å². The maximum atomic E-state index is 12.8. The molecule has 0 saturated heterocycles. The fourth-order valence-electron chi connectivity index (χ4n) is 6.24. The zero-order valence-electron chi connectivity index (χ0n) is 42.3. The molecule has 0 fully saturated rings. The number of carbonyl (C=O) groups is 3. The summed E-state index contributed by atoms with van der Waals surface area (Å²) in [6, 6.07) is 0. The molecular formula is C61H92O6. The number of allylic oxidation sites excluding steroid dienone is 26. The van der Waals surface area contributed by atoms with Gasteiger partial charge in [-0.25, -0.2) is 0 Å². The minimum absolute atomic E-state index is 0.135. The van der Waals surface area contributed by atoms with Crippen molar-refractivity contribution in [1.82, 2.24) is 0 Å². The first-order valence-corrected chi connectivity index (χ1v) is 26.0. The van der Waals surface area contributed by atoms with Crippen LogP contribution >= 0.6 is 0 Å². The van der Waals surface area contributed by atoms with E-state index >= 15 is 0 Å². The van der Waals surface area contributed by atoms with Crippen molar-refractivity contribution in [2.75, 3.05) is 13.2 Å². The number of carbonyl (C=O) groups excluding carboxylic acids is 3. The Hall–Kier alpha value is -4.97. The van der Waals surface area contributed by atoms with Gasteiger partial charge in [0.25, 0.3) is 0 Å². The van der Waals surface area contributed by atoms with Gasteiger partial charge in [-0.1, -0.05) is 198 Å². The van der Waals surface area contributed by atoms with E-state index in [0.29, 0.717) is 19.3 Å². The summed E-state index contributed by atoms with van der Waals surface area (Å²) in [6.07, 6.45) is 78.1. The van der Waals surface area contributed by atoms with Gasteiger partial charge in [-0.05, 0) is 128 Å². The van der Waals surface area contributed by atoms with Crippen LogP contribution in [0.25, 0.3) is 0 Å². The first-order chi connectivity index (χ1) is 33.0. The number of esters is 3. The molecule has 0 aliphatic heterocycles. The third-order valence-corrected chi connectivity index (χ3v) is 10.0. The molecule has 0 aliphatic carbocycles. The summed E-state index contributed by atoms with van der Waals surface area (Å²) >= 11 is 0. The molecule has 6 heteroatoms. The van der Waals surface area contributed by atoms with Crippen LogP contribution in [0.1, 0.15) is 188 Å². The Morgan fingerprint density at radius 2 is 0.567 bits per heavy atom. The van der Waals surface area contributed by atoms with Crippen LogP contribution in [0.4, 0.5) is 0 Å². The second-order valence-electron chi connectivity index (χ2n) is 16.3. The van der Waals surface area contributed by atoms with Crippen LogP contribution in [0.3, 0.4) is 0 Å². The third kappa shape index (κ3) is 51.9. The summed E-state index contributed by atoms with van der Waals surface area (Å²) in [7, 11) is 0. The van der Waals surface area contributed by atoms with Crippen molar-refractivity contribution in [3.8, 4) is 0 Å². The van der Waals surface area contributed by atoms with Crippen LogP contribution in [0.2, 0.25) is 0 Å². The molecule has 67 heavy (non-hydrogen) atoms. The Morgan fingerprint density at radius 1 is 0.299 bits per heavy atom. The molecule has 0 aromatic heterocycles. The summed E-state index contributed by atoms with van der Waals surface area (Å²) < 4.78 is 16.7. The van der Waals surface area contributed by atoms with Crippen molar-refractivity contribution in [3.63, 3.8) is 0 Å². The van der Waals surface area contributed by atoms with Crippen LogP contribution in [0.5, 0.6) is 0 Å². The molecule has 372 valence electrons. The van der Waals surface area contributed by atoms with Gasteiger partial charge in [0.05, 0.1) is 0 Å². The number of ether oxygens (including phenoxy) is 3. The highest BCUT2D eigenvalue weighted by Gasteiger charge is 2.19. The van der Waals surface area contributed by atoms with Gasteiger partial charge in [0, 0.05) is 19.3 Å². The van der Waals surface area contributed by atoms with Gasteiger partial charge in [0.2, 0.25) is 0 Å². The van der Waals surface area contributed by atoms with E-state index in [4.69, 9.17) is 14.2 Å². The molecule has 0 bridgehead atoms. The standard InChI is InChI=1S/C61H92O6/c1-4-7-10-13-16-19-22-25-27-29-30-32-33-36-39-42-45-48-51-54-60(63)66-57-58(56-65-59(62)53-50-47-44-41-38-35-24-21-18-15-12-9-6-3)67-61(64)55-52-49-46-43-40-37-34-31-28-26-23-20-17-14-11-8-5-2/h7-12,16-21,25-28,30,32,34-39,45,48,58H,4-6,13-15,22-24,29,31,33,40-44,46-47,49-57H2,1-3H3/b10-7-,11-8-,12-9-,19-16-,20-17-,21-18-,27-25-,28-26-,32-30-,37-34-,38-35-,39-36-,48-45-. The molecule has 1 unspecified atom stereocenters. The molecule has 0 radical (unpaired) electrons. The molecule has 0 aromatic rings. The van der Waals surface area contributed by atoms with Crippen LogP contribution in [-0.4, -0.2) is 37.2 Å². The first-order valence-electron chi connectivity index (χ1n) is 26.0. The lowest BCUT2D eigenvalue weighted by molar-refractivity contribution is -0.166. The van der Waals surface area contributed by atoms with Crippen LogP contribution in [0, 0.1) is 0 Å². The molecule has 0 aliphatic rings. The second kappa shape index (κ2) is 53.6. The lowest BCUT2D eigenvalue weighted by atomic mass is 10.1. The molecule has 0 spiro atoms. The van der Waals surface area contributed by atoms with Gasteiger partial charge in [0.15, 0.2) is 6.10 Å². The monoisotopic (exact) mass is 921 g/mol. The van der Waals surface area contributed by atoms with Crippen LogP contribution in [-0.2, 0) is 28.6 Å². The Morgan fingerprint density at radius 3 is 0.925 bits per heavy atom. The molecule has 0 aromatic carbocycles. The lowest BCUT2D eigenvalue weighted by Gasteiger charge is -2.18. The van der Waals surface area contributed by atoms with Crippen molar-refractivity contribution in [1.29, 1.82) is 0 Å². The summed E-state index contributed by atoms with van der Waals surface area (Å²) in [5.41, 5.74) is 0. The summed E-state index contributed by atoms with van der Waals surface area (Å²) in [4.78, 5) is 38.0. The maximum Gasteiger partial charge on any atom is 0.306 e. The van der Waals surface area contributed by atoms with E-state index in [1.54, 1.807) is 0 Å². The molecule has 0 saturated carbocycles. The molecule has 1 atom stereocenters. The minimum Gasteiger partial charge on any atom is -0.462 e. The van der Waals surface area contributed by atoms with E-state index in [9.17, 15) is 14.4 Å². The fourth-order valence-corrected chi connectivity index (χ4v) is 6.24. The van der Waals surface area contributed by atoms with Crippen molar-refractivity contribution < 1.29 is 28.6 Å². The highest BCUT2D eigenvalue weighted by molar-refractivity contribution is 5.71. The van der Waals surface area contributed by atoms with E-state index < -0.39 is 6.10 Å². The third-order valence-electron chi connectivity index (χ3n) is 10.0. The van der Waals surface area contributed by atoms with E-state index in [-0.39, 0.29) is 44.0 Å². The number of hydrogen-bond acceptors (Lipinski definition) is 6. The van der Waals surface area contributed by atoms with E-state index in [1.165, 1.54) is 0 Å². The molecule has 6 nitrogen and oxygen atoms in total. The zero-order chi connectivity index (χ0) is 48.6. The first kappa shape index (κ1) is 62.0. The Balaban J connectivity index is 4.62. The van der Waals surface area contributed by atoms with E-state index in [2.05, 4.69) is 167 Å². The van der Waals surface area contributed by atoms with Crippen molar-refractivity contribution in [2.24, 2.45) is 0 Å². The van der Waals surface area contributed by atoms with Crippen LogP contribution < -0.4 is 0 Å². The van der Waals surface area contributed by atoms with Gasteiger partial charge in [-0.15, -0.1) is 0 Å². The smallest absolute Gasteiger partial charge is 0.306 e. The SMILES string of the molecule is CC/C=C\C/C=C\C/C=C\C/C=C\C/C=C\C/C=C\CCC(=O)OCC(COC(=O)CCCCC/C=C\C/C=C\C/C=C\CC)OC(=O)CCCCCC/C=C\C/C=C\C/C=C\C/C=C\CC. The van der Waals surface area contributed by atoms with Crippen molar-refractivity contribution in [2.45, 2.75) is 194 Å². The molecule has 0 heterocycles. The topological polar surface area (TPSA) is 78.9 Å². The fraction of sp³-hybridized carbons (Fsp3) is 0.525. The van der Waals surface area contributed by atoms with E-state index in [0.717, 1.165) is 135 Å². The van der Waals surface area contributed by atoms with Gasteiger partial charge in [-0.3, -0.25) is 14.4 Å². The Bertz CT molecular complexity index is 1570. The largest absolute Gasteiger partial charge is 0.462 e. The predicted molar refractivity (Wildman–Crippen MR) is 288 cm³/mol. The lowest BCUT2D eigenvalue weighted by Crippen LogP contribution is -2.30. The Kier molecular flexibility index (Phi) is 49.7. The van der Waals surface area contributed by atoms with Gasteiger partial charge >= 0.3 is 17.9 Å². The molecule has 0 N–H and O–H groups in total. The van der Waals surface area contributed by atoms with Crippen molar-refractivity contribution in [3.05, 3.63) is 158 Å². The van der Waals surface area contributed by atoms with Gasteiger partial charge in [0.1, 0.15) is 13.2 Å². The zero-order valence-corrected chi connectivity index (χ0v) is 42.3. The average Bonchev–Trinajstić information content (AvgIpc) is 3.33. The summed E-state index contributed by atoms with van der Waals surface area (Å²) in [5.74, 6) is -1.09. The number of rotatable bonds is 44. The normalized spacial score (nSPS) is 13.4. The molecule has 0 rings (SSSR count). The Labute approximate surface area is 409 Å².